The second kappa shape index (κ2) is 14.3. The highest BCUT2D eigenvalue weighted by molar-refractivity contribution is 5.95. The first-order valence-corrected chi connectivity index (χ1v) is 11.6. The Labute approximate surface area is 179 Å². The van der Waals surface area contributed by atoms with Gasteiger partial charge in [0.2, 0.25) is 0 Å². The van der Waals surface area contributed by atoms with Crippen LogP contribution in [0.5, 0.6) is 11.5 Å². The lowest BCUT2D eigenvalue weighted by atomic mass is 9.95. The summed E-state index contributed by atoms with van der Waals surface area (Å²) in [7, 11) is 3.23. The van der Waals surface area contributed by atoms with Gasteiger partial charge in [0.15, 0.2) is 11.5 Å². The largest absolute Gasteiger partial charge is 0.493 e. The molecule has 0 saturated carbocycles. The van der Waals surface area contributed by atoms with Gasteiger partial charge in [0.25, 0.3) is 5.91 Å². The van der Waals surface area contributed by atoms with E-state index in [1.807, 2.05) is 18.2 Å². The van der Waals surface area contributed by atoms with Crippen molar-refractivity contribution in [2.45, 2.75) is 79.1 Å². The first-order chi connectivity index (χ1) is 14.0. The molecule has 4 nitrogen and oxygen atoms in total. The van der Waals surface area contributed by atoms with Crippen molar-refractivity contribution in [2.24, 2.45) is 11.8 Å². The van der Waals surface area contributed by atoms with E-state index in [1.54, 1.807) is 14.2 Å². The maximum atomic E-state index is 13.5. The molecule has 0 bridgehead atoms. The highest BCUT2D eigenvalue weighted by atomic mass is 16.5. The van der Waals surface area contributed by atoms with Gasteiger partial charge in [-0.15, -0.1) is 0 Å². The molecule has 29 heavy (non-hydrogen) atoms. The van der Waals surface area contributed by atoms with Crippen LogP contribution >= 0.6 is 0 Å². The molecular weight excluding hydrogens is 362 g/mol. The zero-order valence-electron chi connectivity index (χ0n) is 19.6. The Hall–Kier alpha value is -1.71. The van der Waals surface area contributed by atoms with Gasteiger partial charge in [-0.25, -0.2) is 0 Å². The summed E-state index contributed by atoms with van der Waals surface area (Å²) < 4.78 is 10.8. The molecule has 0 fully saturated rings. The first-order valence-electron chi connectivity index (χ1n) is 11.6. The molecule has 1 aromatic carbocycles. The Morgan fingerprint density at radius 3 is 1.79 bits per heavy atom. The fraction of sp³-hybridized carbons (Fsp3) is 0.720. The van der Waals surface area contributed by atoms with E-state index in [9.17, 15) is 4.79 Å². The number of benzene rings is 1. The van der Waals surface area contributed by atoms with Crippen LogP contribution in [-0.2, 0) is 0 Å². The van der Waals surface area contributed by atoms with Gasteiger partial charge in [-0.3, -0.25) is 4.79 Å². The molecule has 0 aliphatic rings. The molecule has 1 rings (SSSR count). The Kier molecular flexibility index (Phi) is 12.5. The fourth-order valence-corrected chi connectivity index (χ4v) is 3.85. The smallest absolute Gasteiger partial charge is 0.254 e. The molecular formula is C25H43NO3. The average molecular weight is 406 g/mol. The zero-order chi connectivity index (χ0) is 21.6. The molecule has 0 spiro atoms. The molecule has 0 aliphatic carbocycles. The van der Waals surface area contributed by atoms with Crippen LogP contribution in [0, 0.1) is 11.8 Å². The maximum absolute atomic E-state index is 13.5. The van der Waals surface area contributed by atoms with Gasteiger partial charge in [0, 0.05) is 18.7 Å². The van der Waals surface area contributed by atoms with Crippen molar-refractivity contribution in [1.82, 2.24) is 4.90 Å². The minimum atomic E-state index is 0.107. The molecule has 1 amide bonds. The Bertz CT molecular complexity index is 569. The van der Waals surface area contributed by atoms with Crippen molar-refractivity contribution >= 4 is 5.91 Å². The quantitative estimate of drug-likeness (QED) is 0.331. The van der Waals surface area contributed by atoms with E-state index in [0.29, 0.717) is 28.9 Å². The van der Waals surface area contributed by atoms with Gasteiger partial charge in [-0.1, -0.05) is 66.2 Å². The molecule has 0 saturated heterocycles. The number of nitrogens with zero attached hydrogens (tertiary/aromatic N) is 1. The highest BCUT2D eigenvalue weighted by Crippen LogP contribution is 2.29. The van der Waals surface area contributed by atoms with Gasteiger partial charge in [0.1, 0.15) is 0 Å². The number of carbonyl (C=O) groups is 1. The van der Waals surface area contributed by atoms with Crippen LogP contribution in [0.3, 0.4) is 0 Å². The topological polar surface area (TPSA) is 38.8 Å². The third kappa shape index (κ3) is 8.28. The molecule has 2 unspecified atom stereocenters. The van der Waals surface area contributed by atoms with E-state index in [1.165, 1.54) is 38.5 Å². The number of methoxy groups -OCH3 is 2. The molecule has 1 aromatic rings. The van der Waals surface area contributed by atoms with Crippen molar-refractivity contribution in [3.8, 4) is 11.5 Å². The molecule has 0 aliphatic heterocycles. The summed E-state index contributed by atoms with van der Waals surface area (Å²) >= 11 is 0. The SMILES string of the molecule is CCCCC(CC)CN(CC(CC)CCCC)C(=O)c1ccc(OC)c(OC)c1. The summed E-state index contributed by atoms with van der Waals surface area (Å²) in [5, 5.41) is 0. The summed E-state index contributed by atoms with van der Waals surface area (Å²) in [4.78, 5) is 15.6. The lowest BCUT2D eigenvalue weighted by Crippen LogP contribution is -2.39. The van der Waals surface area contributed by atoms with E-state index in [-0.39, 0.29) is 5.91 Å². The molecule has 166 valence electrons. The van der Waals surface area contributed by atoms with Crippen LogP contribution in [0.1, 0.15) is 89.4 Å². The molecule has 0 N–H and O–H groups in total. The van der Waals surface area contributed by atoms with E-state index >= 15 is 0 Å². The van der Waals surface area contributed by atoms with Crippen LogP contribution < -0.4 is 9.47 Å². The summed E-state index contributed by atoms with van der Waals surface area (Å²) in [6, 6.07) is 5.50. The fourth-order valence-electron chi connectivity index (χ4n) is 3.85. The lowest BCUT2D eigenvalue weighted by molar-refractivity contribution is 0.0684. The summed E-state index contributed by atoms with van der Waals surface area (Å²) in [5.74, 6) is 2.48. The molecule has 2 atom stereocenters. The predicted octanol–water partition coefficient (Wildman–Crippen LogP) is 6.58. The van der Waals surface area contributed by atoms with Crippen LogP contribution in [0.15, 0.2) is 18.2 Å². The normalized spacial score (nSPS) is 13.0. The average Bonchev–Trinajstić information content (AvgIpc) is 2.76. The monoisotopic (exact) mass is 405 g/mol. The Morgan fingerprint density at radius 2 is 1.38 bits per heavy atom. The van der Waals surface area contributed by atoms with Gasteiger partial charge >= 0.3 is 0 Å². The van der Waals surface area contributed by atoms with E-state index in [0.717, 1.165) is 25.9 Å². The second-order valence-electron chi connectivity index (χ2n) is 8.11. The van der Waals surface area contributed by atoms with E-state index in [4.69, 9.17) is 9.47 Å². The number of carbonyl (C=O) groups excluding carboxylic acids is 1. The van der Waals surface area contributed by atoms with Gasteiger partial charge in [-0.05, 0) is 42.9 Å². The Morgan fingerprint density at radius 1 is 0.862 bits per heavy atom. The van der Waals surface area contributed by atoms with Crippen molar-refractivity contribution in [1.29, 1.82) is 0 Å². The van der Waals surface area contributed by atoms with Gasteiger partial charge in [0.05, 0.1) is 14.2 Å². The molecule has 4 heteroatoms. The number of hydrogen-bond donors (Lipinski definition) is 0. The number of rotatable bonds is 15. The summed E-state index contributed by atoms with van der Waals surface area (Å²) in [5.41, 5.74) is 0.679. The van der Waals surface area contributed by atoms with Crippen LogP contribution in [0.4, 0.5) is 0 Å². The number of hydrogen-bond acceptors (Lipinski definition) is 3. The van der Waals surface area contributed by atoms with Crippen molar-refractivity contribution < 1.29 is 14.3 Å². The van der Waals surface area contributed by atoms with Crippen molar-refractivity contribution in [3.63, 3.8) is 0 Å². The van der Waals surface area contributed by atoms with Crippen LogP contribution in [0.2, 0.25) is 0 Å². The van der Waals surface area contributed by atoms with Crippen LogP contribution in [-0.4, -0.2) is 38.1 Å². The Balaban J connectivity index is 3.08. The first kappa shape index (κ1) is 25.3. The number of ether oxygens (including phenoxy) is 2. The van der Waals surface area contributed by atoms with Gasteiger partial charge in [-0.2, -0.15) is 0 Å². The lowest BCUT2D eigenvalue weighted by Gasteiger charge is -2.31. The number of unbranched alkanes of at least 4 members (excludes halogenated alkanes) is 2. The third-order valence-electron chi connectivity index (χ3n) is 5.96. The standard InChI is InChI=1S/C25H43NO3/c1-7-11-13-20(9-3)18-26(19-21(10-4)14-12-8-2)25(27)22-15-16-23(28-5)24(17-22)29-6/h15-17,20-21H,7-14,18-19H2,1-6H3. The summed E-state index contributed by atoms with van der Waals surface area (Å²) in [6.07, 6.45) is 9.46. The molecule has 0 aromatic heterocycles. The minimum Gasteiger partial charge on any atom is -0.493 e. The predicted molar refractivity (Wildman–Crippen MR) is 122 cm³/mol. The van der Waals surface area contributed by atoms with Crippen molar-refractivity contribution in [3.05, 3.63) is 23.8 Å². The molecule has 0 heterocycles. The highest BCUT2D eigenvalue weighted by Gasteiger charge is 2.23. The van der Waals surface area contributed by atoms with Crippen LogP contribution in [0.25, 0.3) is 0 Å². The van der Waals surface area contributed by atoms with Gasteiger partial charge < -0.3 is 14.4 Å². The maximum Gasteiger partial charge on any atom is 0.254 e. The van der Waals surface area contributed by atoms with E-state index < -0.39 is 0 Å². The summed E-state index contributed by atoms with van der Waals surface area (Å²) in [6.45, 7) is 10.6. The molecule has 0 radical (unpaired) electrons. The second-order valence-corrected chi connectivity index (χ2v) is 8.11. The van der Waals surface area contributed by atoms with Crippen molar-refractivity contribution in [2.75, 3.05) is 27.3 Å². The number of amides is 1. The zero-order valence-corrected chi connectivity index (χ0v) is 19.6. The third-order valence-corrected chi connectivity index (χ3v) is 5.96. The van der Waals surface area contributed by atoms with E-state index in [2.05, 4.69) is 32.6 Å². The minimum absolute atomic E-state index is 0.107.